The van der Waals surface area contributed by atoms with Crippen LogP contribution in [0.4, 0.5) is 8.78 Å². The van der Waals surface area contributed by atoms with E-state index in [0.717, 1.165) is 11.6 Å². The van der Waals surface area contributed by atoms with E-state index in [9.17, 15) is 18.4 Å². The molecule has 0 saturated carbocycles. The van der Waals surface area contributed by atoms with E-state index in [2.05, 4.69) is 15.6 Å². The van der Waals surface area contributed by atoms with Crippen molar-refractivity contribution < 1.29 is 23.1 Å². The van der Waals surface area contributed by atoms with Gasteiger partial charge in [0.05, 0.1) is 0 Å². The highest BCUT2D eigenvalue weighted by Crippen LogP contribution is 2.23. The normalized spacial score (nSPS) is 10.4. The Kier molecular flexibility index (Phi) is 5.96. The zero-order valence-corrected chi connectivity index (χ0v) is 14.6. The predicted molar refractivity (Wildman–Crippen MR) is 99.9 cm³/mol. The Hall–Kier alpha value is -3.74. The molecule has 0 saturated heterocycles. The average Bonchev–Trinajstić information content (AvgIpc) is 2.72. The lowest BCUT2D eigenvalue weighted by Gasteiger charge is -2.12. The number of halogens is 2. The molecule has 2 amide bonds. The molecule has 3 rings (SSSR count). The predicted octanol–water partition coefficient (Wildman–Crippen LogP) is 4.03. The summed E-state index contributed by atoms with van der Waals surface area (Å²) in [5.74, 6) is -1.32. The minimum absolute atomic E-state index is 0.0646. The lowest BCUT2D eigenvalue weighted by Crippen LogP contribution is -2.41. The first-order valence-corrected chi connectivity index (χ1v) is 8.34. The summed E-state index contributed by atoms with van der Waals surface area (Å²) < 4.78 is 28.8. The van der Waals surface area contributed by atoms with E-state index >= 15 is 0 Å². The highest BCUT2D eigenvalue weighted by molar-refractivity contribution is 6.03. The summed E-state index contributed by atoms with van der Waals surface area (Å²) in [6, 6.07) is 21.6. The fourth-order valence-electron chi connectivity index (χ4n) is 2.62. The number of carbonyl (C=O) groups is 2. The zero-order valence-electron chi connectivity index (χ0n) is 14.6. The van der Waals surface area contributed by atoms with Gasteiger partial charge < -0.3 is 4.74 Å². The molecule has 0 heterocycles. The average molecular weight is 382 g/mol. The highest BCUT2D eigenvalue weighted by Gasteiger charge is 2.14. The van der Waals surface area contributed by atoms with Crippen LogP contribution in [-0.2, 0) is 0 Å². The quantitative estimate of drug-likeness (QED) is 0.655. The van der Waals surface area contributed by atoms with Gasteiger partial charge in [-0.25, -0.2) is 0 Å². The van der Waals surface area contributed by atoms with Crippen molar-refractivity contribution in [3.8, 4) is 16.9 Å². The second-order valence-electron chi connectivity index (χ2n) is 5.73. The summed E-state index contributed by atoms with van der Waals surface area (Å²) in [4.78, 5) is 24.7. The monoisotopic (exact) mass is 382 g/mol. The number of alkyl halides is 2. The van der Waals surface area contributed by atoms with Crippen LogP contribution in [0, 0.1) is 0 Å². The van der Waals surface area contributed by atoms with Gasteiger partial charge in [-0.05, 0) is 35.4 Å². The van der Waals surface area contributed by atoms with E-state index in [1.54, 1.807) is 18.2 Å². The van der Waals surface area contributed by atoms with Crippen molar-refractivity contribution in [2.45, 2.75) is 6.61 Å². The Balaban J connectivity index is 1.71. The third-order valence-electron chi connectivity index (χ3n) is 3.87. The van der Waals surface area contributed by atoms with Crippen LogP contribution in [0.5, 0.6) is 5.75 Å². The number of ether oxygens (including phenoxy) is 1. The fraction of sp³-hybridized carbons (Fsp3) is 0.0476. The largest absolute Gasteiger partial charge is 0.435 e. The summed E-state index contributed by atoms with van der Waals surface area (Å²) in [7, 11) is 0. The molecule has 0 atom stereocenters. The minimum atomic E-state index is -2.99. The molecule has 0 aliphatic rings. The number of hydrazine groups is 1. The minimum Gasteiger partial charge on any atom is -0.435 e. The second-order valence-corrected chi connectivity index (χ2v) is 5.73. The number of hydrogen-bond acceptors (Lipinski definition) is 3. The second kappa shape index (κ2) is 8.77. The van der Waals surface area contributed by atoms with Gasteiger partial charge in [-0.2, -0.15) is 8.78 Å². The van der Waals surface area contributed by atoms with Crippen LogP contribution in [0.15, 0.2) is 78.9 Å². The van der Waals surface area contributed by atoms with E-state index in [1.807, 2.05) is 36.4 Å². The number of hydrogen-bond donors (Lipinski definition) is 2. The Bertz CT molecular complexity index is 978. The highest BCUT2D eigenvalue weighted by atomic mass is 19.3. The lowest BCUT2D eigenvalue weighted by atomic mass is 9.99. The van der Waals surface area contributed by atoms with E-state index in [1.165, 1.54) is 18.2 Å². The van der Waals surface area contributed by atoms with Gasteiger partial charge in [-0.3, -0.25) is 20.4 Å². The standard InChI is InChI=1S/C21H16F2N2O3/c22-21(23)28-16-10-6-9-15(13-16)19(26)24-25-20(27)18-12-5-4-11-17(18)14-7-2-1-3-8-14/h1-13,21H,(H,24,26)(H,25,27). The molecule has 142 valence electrons. The van der Waals surface area contributed by atoms with E-state index in [4.69, 9.17) is 0 Å². The molecular weight excluding hydrogens is 366 g/mol. The number of amides is 2. The van der Waals surface area contributed by atoms with Gasteiger partial charge in [-0.15, -0.1) is 0 Å². The van der Waals surface area contributed by atoms with E-state index < -0.39 is 18.4 Å². The summed E-state index contributed by atoms with van der Waals surface area (Å²) in [5, 5.41) is 0. The fourth-order valence-corrected chi connectivity index (χ4v) is 2.62. The Morgan fingerprint density at radius 1 is 0.786 bits per heavy atom. The maximum atomic E-state index is 12.5. The van der Waals surface area contributed by atoms with Crippen LogP contribution >= 0.6 is 0 Å². The number of carbonyl (C=O) groups excluding carboxylic acids is 2. The van der Waals surface area contributed by atoms with Gasteiger partial charge in [0.15, 0.2) is 0 Å². The van der Waals surface area contributed by atoms with E-state index in [0.29, 0.717) is 11.1 Å². The smallest absolute Gasteiger partial charge is 0.387 e. The van der Waals surface area contributed by atoms with Crippen LogP contribution in [0.1, 0.15) is 20.7 Å². The van der Waals surface area contributed by atoms with Crippen molar-refractivity contribution in [1.82, 2.24) is 10.9 Å². The number of benzene rings is 3. The van der Waals surface area contributed by atoms with Gasteiger partial charge in [0.2, 0.25) is 0 Å². The van der Waals surface area contributed by atoms with Crippen LogP contribution < -0.4 is 15.6 Å². The number of rotatable bonds is 5. The van der Waals surface area contributed by atoms with Gasteiger partial charge >= 0.3 is 6.61 Å². The summed E-state index contributed by atoms with van der Waals surface area (Å²) in [6.07, 6.45) is 0. The van der Waals surface area contributed by atoms with Gasteiger partial charge in [0.1, 0.15) is 5.75 Å². The molecule has 2 N–H and O–H groups in total. The molecule has 0 fully saturated rings. The molecule has 3 aromatic carbocycles. The Labute approximate surface area is 159 Å². The van der Waals surface area contributed by atoms with E-state index in [-0.39, 0.29) is 11.3 Å². The van der Waals surface area contributed by atoms with Crippen molar-refractivity contribution in [2.24, 2.45) is 0 Å². The summed E-state index contributed by atoms with van der Waals surface area (Å²) in [6.45, 7) is -2.99. The first-order chi connectivity index (χ1) is 13.5. The molecule has 0 spiro atoms. The Morgan fingerprint density at radius 2 is 1.46 bits per heavy atom. The van der Waals surface area contributed by atoms with Crippen molar-refractivity contribution in [1.29, 1.82) is 0 Å². The van der Waals surface area contributed by atoms with Crippen LogP contribution in [-0.4, -0.2) is 18.4 Å². The molecule has 0 unspecified atom stereocenters. The van der Waals surface area contributed by atoms with Crippen molar-refractivity contribution in [2.75, 3.05) is 0 Å². The van der Waals surface area contributed by atoms with Crippen molar-refractivity contribution >= 4 is 11.8 Å². The lowest BCUT2D eigenvalue weighted by molar-refractivity contribution is -0.0498. The third kappa shape index (κ3) is 4.70. The molecule has 0 aliphatic carbocycles. The molecule has 7 heteroatoms. The topological polar surface area (TPSA) is 67.4 Å². The maximum Gasteiger partial charge on any atom is 0.387 e. The number of nitrogens with one attached hydrogen (secondary N) is 2. The van der Waals surface area contributed by atoms with Crippen LogP contribution in [0.25, 0.3) is 11.1 Å². The first kappa shape index (κ1) is 19.0. The van der Waals surface area contributed by atoms with Crippen molar-refractivity contribution in [3.05, 3.63) is 90.0 Å². The van der Waals surface area contributed by atoms with Crippen molar-refractivity contribution in [3.63, 3.8) is 0 Å². The van der Waals surface area contributed by atoms with Gasteiger partial charge in [-0.1, -0.05) is 54.6 Å². The van der Waals surface area contributed by atoms with Gasteiger partial charge in [0.25, 0.3) is 11.8 Å². The summed E-state index contributed by atoms with van der Waals surface area (Å²) in [5.41, 5.74) is 6.63. The molecule has 0 aromatic heterocycles. The van der Waals surface area contributed by atoms with Crippen LogP contribution in [0.2, 0.25) is 0 Å². The summed E-state index contributed by atoms with van der Waals surface area (Å²) >= 11 is 0. The molecule has 0 bridgehead atoms. The Morgan fingerprint density at radius 3 is 2.21 bits per heavy atom. The van der Waals surface area contributed by atoms with Crippen LogP contribution in [0.3, 0.4) is 0 Å². The third-order valence-corrected chi connectivity index (χ3v) is 3.87. The molecule has 3 aromatic rings. The zero-order chi connectivity index (χ0) is 19.9. The van der Waals surface area contributed by atoms with Gasteiger partial charge in [0, 0.05) is 11.1 Å². The molecule has 0 radical (unpaired) electrons. The maximum absolute atomic E-state index is 12.5. The molecular formula is C21H16F2N2O3. The molecule has 28 heavy (non-hydrogen) atoms. The SMILES string of the molecule is O=C(NNC(=O)c1ccccc1-c1ccccc1)c1cccc(OC(F)F)c1. The molecule has 0 aliphatic heterocycles. The first-order valence-electron chi connectivity index (χ1n) is 8.34. The molecule has 5 nitrogen and oxygen atoms in total.